The summed E-state index contributed by atoms with van der Waals surface area (Å²) in [6.07, 6.45) is 7.25. The van der Waals surface area contributed by atoms with E-state index in [1.54, 1.807) is 6.92 Å². The van der Waals surface area contributed by atoms with Gasteiger partial charge in [0.2, 0.25) is 5.91 Å². The monoisotopic (exact) mass is 238 g/mol. The van der Waals surface area contributed by atoms with Crippen LogP contribution in [0.3, 0.4) is 0 Å². The van der Waals surface area contributed by atoms with Gasteiger partial charge >= 0.3 is 5.97 Å². The molecule has 0 radical (unpaired) electrons. The maximum Gasteiger partial charge on any atom is 0.329 e. The quantitative estimate of drug-likeness (QED) is 0.537. The zero-order valence-electron chi connectivity index (χ0n) is 10.0. The van der Waals surface area contributed by atoms with Crippen molar-refractivity contribution >= 4 is 11.9 Å². The summed E-state index contributed by atoms with van der Waals surface area (Å²) in [7, 11) is 0. The number of amides is 1. The summed E-state index contributed by atoms with van der Waals surface area (Å²) < 4.78 is 0. The van der Waals surface area contributed by atoms with Gasteiger partial charge in [-0.15, -0.1) is 6.42 Å². The van der Waals surface area contributed by atoms with Gasteiger partial charge in [0.05, 0.1) is 13.1 Å². The Kier molecular flexibility index (Phi) is 4.53. The molecule has 0 aliphatic carbocycles. The summed E-state index contributed by atoms with van der Waals surface area (Å²) in [4.78, 5) is 24.6. The molecule has 0 bridgehead atoms. The molecule has 1 saturated heterocycles. The summed E-state index contributed by atoms with van der Waals surface area (Å²) >= 11 is 0. The predicted molar refractivity (Wildman–Crippen MR) is 63.3 cm³/mol. The van der Waals surface area contributed by atoms with Crippen LogP contribution >= 0.6 is 0 Å². The molecular formula is C12H18N2O3. The topological polar surface area (TPSA) is 69.6 Å². The van der Waals surface area contributed by atoms with Gasteiger partial charge in [0.1, 0.15) is 5.54 Å². The molecule has 1 rings (SSSR count). The standard InChI is InChI=1S/C12H18N2O3/c1-3-7-13-9-10(15)14-8-5-4-6-12(14,2)11(16)17/h1,13H,4-9H2,2H3,(H,16,17). The third-order valence-electron chi connectivity index (χ3n) is 3.16. The van der Waals surface area contributed by atoms with Crippen LogP contribution in [0.1, 0.15) is 26.2 Å². The molecule has 0 aromatic heterocycles. The summed E-state index contributed by atoms with van der Waals surface area (Å²) in [6.45, 7) is 2.50. The normalized spacial score (nSPS) is 24.1. The van der Waals surface area contributed by atoms with Gasteiger partial charge in [0.15, 0.2) is 0 Å². The van der Waals surface area contributed by atoms with Gasteiger partial charge in [-0.25, -0.2) is 4.79 Å². The molecule has 1 fully saturated rings. The third-order valence-corrected chi connectivity index (χ3v) is 3.16. The van der Waals surface area contributed by atoms with Gasteiger partial charge in [0, 0.05) is 6.54 Å². The van der Waals surface area contributed by atoms with Gasteiger partial charge in [-0.2, -0.15) is 0 Å². The second-order valence-electron chi connectivity index (χ2n) is 4.39. The summed E-state index contributed by atoms with van der Waals surface area (Å²) in [6, 6.07) is 0. The molecular weight excluding hydrogens is 220 g/mol. The first-order valence-corrected chi connectivity index (χ1v) is 5.70. The predicted octanol–water partition coefficient (Wildman–Crippen LogP) is 0.0650. The lowest BCUT2D eigenvalue weighted by Gasteiger charge is -2.41. The Labute approximate surface area is 101 Å². The number of carbonyl (C=O) groups is 2. The largest absolute Gasteiger partial charge is 0.480 e. The number of carboxylic acid groups (broad SMARTS) is 1. The Morgan fingerprint density at radius 1 is 1.53 bits per heavy atom. The number of piperidine rings is 1. The molecule has 5 nitrogen and oxygen atoms in total. The number of terminal acetylenes is 1. The minimum atomic E-state index is -1.08. The zero-order valence-corrected chi connectivity index (χ0v) is 10.0. The number of carbonyl (C=O) groups excluding carboxylic acids is 1. The lowest BCUT2D eigenvalue weighted by molar-refractivity contribution is -0.160. The van der Waals surface area contributed by atoms with Crippen LogP contribution in [0.4, 0.5) is 0 Å². The van der Waals surface area contributed by atoms with Gasteiger partial charge in [-0.3, -0.25) is 10.1 Å². The van der Waals surface area contributed by atoms with E-state index in [1.165, 1.54) is 4.90 Å². The van der Waals surface area contributed by atoms with Crippen molar-refractivity contribution in [3.63, 3.8) is 0 Å². The number of hydrogen-bond acceptors (Lipinski definition) is 3. The number of rotatable bonds is 4. The smallest absolute Gasteiger partial charge is 0.329 e. The lowest BCUT2D eigenvalue weighted by Crippen LogP contribution is -2.59. The molecule has 0 spiro atoms. The van der Waals surface area contributed by atoms with Gasteiger partial charge in [-0.05, 0) is 26.2 Å². The van der Waals surface area contributed by atoms with Crippen molar-refractivity contribution in [2.24, 2.45) is 0 Å². The van der Waals surface area contributed by atoms with Crippen LogP contribution in [-0.4, -0.2) is 47.1 Å². The van der Waals surface area contributed by atoms with E-state index in [0.717, 1.165) is 12.8 Å². The molecule has 1 aliphatic heterocycles. The van der Waals surface area contributed by atoms with E-state index in [1.807, 2.05) is 0 Å². The highest BCUT2D eigenvalue weighted by atomic mass is 16.4. The molecule has 1 heterocycles. The third kappa shape index (κ3) is 2.98. The Morgan fingerprint density at radius 2 is 2.24 bits per heavy atom. The number of nitrogens with one attached hydrogen (secondary N) is 1. The second-order valence-corrected chi connectivity index (χ2v) is 4.39. The van der Waals surface area contributed by atoms with Crippen LogP contribution in [0.5, 0.6) is 0 Å². The van der Waals surface area contributed by atoms with E-state index in [2.05, 4.69) is 11.2 Å². The summed E-state index contributed by atoms with van der Waals surface area (Å²) in [5, 5.41) is 12.0. The van der Waals surface area contributed by atoms with Gasteiger partial charge in [0.25, 0.3) is 0 Å². The SMILES string of the molecule is C#CCNCC(=O)N1CCCCC1(C)C(=O)O. The first kappa shape index (κ1) is 13.5. The van der Waals surface area contributed by atoms with Gasteiger partial charge in [-0.1, -0.05) is 5.92 Å². The van der Waals surface area contributed by atoms with Crippen LogP contribution < -0.4 is 5.32 Å². The van der Waals surface area contributed by atoms with E-state index in [9.17, 15) is 14.7 Å². The molecule has 0 aromatic rings. The second kappa shape index (κ2) is 5.69. The van der Waals surface area contributed by atoms with Crippen molar-refractivity contribution in [3.8, 4) is 12.3 Å². The van der Waals surface area contributed by atoms with Crippen molar-refractivity contribution < 1.29 is 14.7 Å². The highest BCUT2D eigenvalue weighted by molar-refractivity contribution is 5.87. The van der Waals surface area contributed by atoms with Crippen molar-refractivity contribution in [1.29, 1.82) is 0 Å². The Morgan fingerprint density at radius 3 is 2.82 bits per heavy atom. The molecule has 1 atom stereocenters. The van der Waals surface area contributed by atoms with Crippen molar-refractivity contribution in [2.75, 3.05) is 19.6 Å². The molecule has 1 amide bonds. The first-order chi connectivity index (χ1) is 8.02. The Bertz CT molecular complexity index is 348. The van der Waals surface area contributed by atoms with Crippen LogP contribution in [0.25, 0.3) is 0 Å². The van der Waals surface area contributed by atoms with Gasteiger partial charge < -0.3 is 10.0 Å². The molecule has 0 saturated carbocycles. The first-order valence-electron chi connectivity index (χ1n) is 5.70. The number of carboxylic acids is 1. The fourth-order valence-corrected chi connectivity index (χ4v) is 2.08. The lowest BCUT2D eigenvalue weighted by atomic mass is 9.88. The maximum absolute atomic E-state index is 11.9. The average molecular weight is 238 g/mol. The number of likely N-dealkylation sites (tertiary alicyclic amines) is 1. The fourth-order valence-electron chi connectivity index (χ4n) is 2.08. The summed E-state index contributed by atoms with van der Waals surface area (Å²) in [5.74, 6) is 1.23. The molecule has 1 aliphatic rings. The minimum absolute atomic E-state index is 0.0903. The number of aliphatic carboxylic acids is 1. The number of nitrogens with zero attached hydrogens (tertiary/aromatic N) is 1. The van der Waals surface area contributed by atoms with Crippen molar-refractivity contribution in [3.05, 3.63) is 0 Å². The van der Waals surface area contributed by atoms with Crippen LogP contribution in [-0.2, 0) is 9.59 Å². The van der Waals surface area contributed by atoms with Crippen LogP contribution in [0, 0.1) is 12.3 Å². The van der Waals surface area contributed by atoms with E-state index in [0.29, 0.717) is 19.5 Å². The molecule has 17 heavy (non-hydrogen) atoms. The minimum Gasteiger partial charge on any atom is -0.480 e. The van der Waals surface area contributed by atoms with E-state index in [-0.39, 0.29) is 12.5 Å². The van der Waals surface area contributed by atoms with Crippen LogP contribution in [0.15, 0.2) is 0 Å². The van der Waals surface area contributed by atoms with E-state index < -0.39 is 11.5 Å². The average Bonchev–Trinajstić information content (AvgIpc) is 2.29. The Hall–Kier alpha value is -1.54. The summed E-state index contributed by atoms with van der Waals surface area (Å²) in [5.41, 5.74) is -1.08. The number of hydrogen-bond donors (Lipinski definition) is 2. The fraction of sp³-hybridized carbons (Fsp3) is 0.667. The molecule has 0 aromatic carbocycles. The van der Waals surface area contributed by atoms with Crippen LogP contribution in [0.2, 0.25) is 0 Å². The Balaban J connectivity index is 2.68. The zero-order chi connectivity index (χ0) is 12.9. The highest BCUT2D eigenvalue weighted by Crippen LogP contribution is 2.28. The van der Waals surface area contributed by atoms with Crippen molar-refractivity contribution in [2.45, 2.75) is 31.7 Å². The van der Waals surface area contributed by atoms with Crippen molar-refractivity contribution in [1.82, 2.24) is 10.2 Å². The van der Waals surface area contributed by atoms with E-state index >= 15 is 0 Å². The molecule has 1 unspecified atom stereocenters. The maximum atomic E-state index is 11.9. The molecule has 2 N–H and O–H groups in total. The highest BCUT2D eigenvalue weighted by Gasteiger charge is 2.43. The molecule has 94 valence electrons. The van der Waals surface area contributed by atoms with E-state index in [4.69, 9.17) is 6.42 Å². The molecule has 5 heteroatoms.